The number of anilines is 1. The number of nitrogens with zero attached hydrogens (tertiary/aromatic N) is 1. The summed E-state index contributed by atoms with van der Waals surface area (Å²) in [7, 11) is 0. The van der Waals surface area contributed by atoms with Crippen LogP contribution in [-0.2, 0) is 4.74 Å². The highest BCUT2D eigenvalue weighted by Crippen LogP contribution is 2.29. The molecule has 6 heteroatoms. The van der Waals surface area contributed by atoms with Crippen LogP contribution in [0.15, 0.2) is 47.8 Å². The van der Waals surface area contributed by atoms with E-state index in [0.29, 0.717) is 11.2 Å². The molecule has 0 unspecified atom stereocenters. The topological polar surface area (TPSA) is 36.5 Å². The molecule has 4 nitrogen and oxygen atoms in total. The van der Waals surface area contributed by atoms with Gasteiger partial charge in [0.25, 0.3) is 0 Å². The minimum absolute atomic E-state index is 0.200. The van der Waals surface area contributed by atoms with E-state index in [4.69, 9.17) is 17.0 Å². The molecule has 2 N–H and O–H groups in total. The minimum Gasteiger partial charge on any atom is -0.379 e. The van der Waals surface area contributed by atoms with Crippen LogP contribution in [0.25, 0.3) is 0 Å². The standard InChI is InChI=1S/C18H23N3OS2/c1-14(19-18(23)20-15-6-3-2-4-7-15)17(16-8-5-13-24-16)21-9-11-22-12-10-21/h2-8,13-14,17H,9-12H2,1H3,(H2,19,20,23)/t14-,17+/m1/s1. The third kappa shape index (κ3) is 4.54. The Labute approximate surface area is 152 Å². The number of thiophene rings is 1. The maximum Gasteiger partial charge on any atom is 0.171 e. The highest BCUT2D eigenvalue weighted by Gasteiger charge is 2.28. The van der Waals surface area contributed by atoms with E-state index in [1.165, 1.54) is 4.88 Å². The zero-order chi connectivity index (χ0) is 16.8. The van der Waals surface area contributed by atoms with Gasteiger partial charge in [-0.2, -0.15) is 0 Å². The predicted octanol–water partition coefficient (Wildman–Crippen LogP) is 3.50. The smallest absolute Gasteiger partial charge is 0.171 e. The van der Waals surface area contributed by atoms with Crippen LogP contribution in [0.2, 0.25) is 0 Å². The van der Waals surface area contributed by atoms with Crippen LogP contribution in [0.1, 0.15) is 17.8 Å². The van der Waals surface area contributed by atoms with E-state index in [0.717, 1.165) is 32.0 Å². The van der Waals surface area contributed by atoms with E-state index in [-0.39, 0.29) is 6.04 Å². The number of para-hydroxylation sites is 1. The molecule has 0 saturated carbocycles. The van der Waals surface area contributed by atoms with Crippen LogP contribution < -0.4 is 10.6 Å². The van der Waals surface area contributed by atoms with Crippen LogP contribution >= 0.6 is 23.6 Å². The Balaban J connectivity index is 1.66. The lowest BCUT2D eigenvalue weighted by atomic mass is 10.1. The van der Waals surface area contributed by atoms with Crippen LogP contribution in [0.3, 0.4) is 0 Å². The maximum atomic E-state index is 5.51. The lowest BCUT2D eigenvalue weighted by Gasteiger charge is -2.38. The van der Waals surface area contributed by atoms with E-state index >= 15 is 0 Å². The summed E-state index contributed by atoms with van der Waals surface area (Å²) in [6.07, 6.45) is 0. The molecule has 1 aliphatic heterocycles. The molecule has 2 aromatic rings. The van der Waals surface area contributed by atoms with Crippen molar-refractivity contribution in [1.29, 1.82) is 0 Å². The fourth-order valence-corrected chi connectivity index (χ4v) is 4.30. The second kappa shape index (κ2) is 8.58. The van der Waals surface area contributed by atoms with Gasteiger partial charge in [0.1, 0.15) is 0 Å². The third-order valence-electron chi connectivity index (χ3n) is 4.14. The number of ether oxygens (including phenoxy) is 1. The molecule has 0 bridgehead atoms. The normalized spacial score (nSPS) is 17.9. The first kappa shape index (κ1) is 17.4. The number of rotatable bonds is 5. The van der Waals surface area contributed by atoms with Gasteiger partial charge in [-0.05, 0) is 42.7 Å². The Kier molecular flexibility index (Phi) is 6.20. The van der Waals surface area contributed by atoms with Gasteiger partial charge in [-0.15, -0.1) is 11.3 Å². The van der Waals surface area contributed by atoms with Crippen molar-refractivity contribution in [2.75, 3.05) is 31.6 Å². The van der Waals surface area contributed by atoms with Gasteiger partial charge < -0.3 is 15.4 Å². The average Bonchev–Trinajstić information content (AvgIpc) is 3.11. The molecule has 0 amide bonds. The number of hydrogen-bond donors (Lipinski definition) is 2. The van der Waals surface area contributed by atoms with Crippen molar-refractivity contribution in [1.82, 2.24) is 10.2 Å². The van der Waals surface area contributed by atoms with Crippen molar-refractivity contribution < 1.29 is 4.74 Å². The fourth-order valence-electron chi connectivity index (χ4n) is 3.03. The molecular weight excluding hydrogens is 338 g/mol. The second-order valence-electron chi connectivity index (χ2n) is 5.86. The van der Waals surface area contributed by atoms with Gasteiger partial charge in [-0.25, -0.2) is 0 Å². The molecule has 0 spiro atoms. The van der Waals surface area contributed by atoms with Crippen molar-refractivity contribution in [2.24, 2.45) is 0 Å². The summed E-state index contributed by atoms with van der Waals surface area (Å²) in [5.74, 6) is 0. The maximum absolute atomic E-state index is 5.51. The highest BCUT2D eigenvalue weighted by atomic mass is 32.1. The summed E-state index contributed by atoms with van der Waals surface area (Å²) < 4.78 is 5.51. The van der Waals surface area contributed by atoms with Gasteiger partial charge in [-0.1, -0.05) is 24.3 Å². The molecule has 2 atom stereocenters. The van der Waals surface area contributed by atoms with Gasteiger partial charge in [-0.3, -0.25) is 4.90 Å². The molecule has 24 heavy (non-hydrogen) atoms. The van der Waals surface area contributed by atoms with Crippen molar-refractivity contribution in [3.8, 4) is 0 Å². The molecule has 1 aromatic heterocycles. The number of hydrogen-bond acceptors (Lipinski definition) is 4. The predicted molar refractivity (Wildman–Crippen MR) is 105 cm³/mol. The van der Waals surface area contributed by atoms with E-state index in [1.54, 1.807) is 11.3 Å². The summed E-state index contributed by atoms with van der Waals surface area (Å²) in [5, 5.41) is 9.51. The van der Waals surface area contributed by atoms with E-state index in [1.807, 2.05) is 30.3 Å². The van der Waals surface area contributed by atoms with Crippen molar-refractivity contribution in [3.63, 3.8) is 0 Å². The van der Waals surface area contributed by atoms with Gasteiger partial charge in [0.15, 0.2) is 5.11 Å². The summed E-state index contributed by atoms with van der Waals surface area (Å²) >= 11 is 7.30. The van der Waals surface area contributed by atoms with Gasteiger partial charge >= 0.3 is 0 Å². The molecular formula is C18H23N3OS2. The molecule has 1 aliphatic rings. The Hall–Kier alpha value is -1.47. The quantitative estimate of drug-likeness (QED) is 0.797. The lowest BCUT2D eigenvalue weighted by molar-refractivity contribution is 0.0110. The highest BCUT2D eigenvalue weighted by molar-refractivity contribution is 7.80. The SMILES string of the molecule is C[C@@H](NC(=S)Nc1ccccc1)[C@@H](c1cccs1)N1CCOCC1. The average molecular weight is 362 g/mol. The molecule has 3 rings (SSSR count). The summed E-state index contributed by atoms with van der Waals surface area (Å²) in [4.78, 5) is 3.84. The number of thiocarbonyl (C=S) groups is 1. The largest absolute Gasteiger partial charge is 0.379 e. The second-order valence-corrected chi connectivity index (χ2v) is 7.25. The fraction of sp³-hybridized carbons (Fsp3) is 0.389. The van der Waals surface area contributed by atoms with E-state index in [9.17, 15) is 0 Å². The molecule has 1 aromatic carbocycles. The minimum atomic E-state index is 0.200. The Morgan fingerprint density at radius 3 is 2.58 bits per heavy atom. The van der Waals surface area contributed by atoms with Crippen LogP contribution in [0.5, 0.6) is 0 Å². The van der Waals surface area contributed by atoms with E-state index in [2.05, 4.69) is 40.0 Å². The molecule has 1 saturated heterocycles. The monoisotopic (exact) mass is 361 g/mol. The van der Waals surface area contributed by atoms with Crippen LogP contribution in [-0.4, -0.2) is 42.4 Å². The first-order chi connectivity index (χ1) is 11.7. The number of nitrogens with one attached hydrogen (secondary N) is 2. The summed E-state index contributed by atoms with van der Waals surface area (Å²) in [6, 6.07) is 14.8. The first-order valence-electron chi connectivity index (χ1n) is 8.22. The number of benzene rings is 1. The first-order valence-corrected chi connectivity index (χ1v) is 9.50. The Bertz CT molecular complexity index is 627. The summed E-state index contributed by atoms with van der Waals surface area (Å²) in [5.41, 5.74) is 1.00. The van der Waals surface area contributed by atoms with Crippen LogP contribution in [0, 0.1) is 0 Å². The molecule has 128 valence electrons. The van der Waals surface area contributed by atoms with Crippen LogP contribution in [0.4, 0.5) is 5.69 Å². The van der Waals surface area contributed by atoms with Gasteiger partial charge in [0.2, 0.25) is 0 Å². The molecule has 0 aliphatic carbocycles. The van der Waals surface area contributed by atoms with Gasteiger partial charge in [0.05, 0.1) is 19.3 Å². The molecule has 2 heterocycles. The zero-order valence-corrected chi connectivity index (χ0v) is 15.4. The van der Waals surface area contributed by atoms with Crippen molar-refractivity contribution in [2.45, 2.75) is 19.0 Å². The van der Waals surface area contributed by atoms with Crippen molar-refractivity contribution in [3.05, 3.63) is 52.7 Å². The summed E-state index contributed by atoms with van der Waals surface area (Å²) in [6.45, 7) is 5.68. The van der Waals surface area contributed by atoms with Crippen molar-refractivity contribution >= 4 is 34.4 Å². The third-order valence-corrected chi connectivity index (χ3v) is 5.30. The Morgan fingerprint density at radius 1 is 1.17 bits per heavy atom. The number of morpholine rings is 1. The zero-order valence-electron chi connectivity index (χ0n) is 13.8. The van der Waals surface area contributed by atoms with E-state index < -0.39 is 0 Å². The lowest BCUT2D eigenvalue weighted by Crippen LogP contribution is -2.49. The molecule has 1 fully saturated rings. The van der Waals surface area contributed by atoms with Gasteiger partial charge in [0, 0.05) is 29.7 Å². The Morgan fingerprint density at radius 2 is 1.92 bits per heavy atom. The molecule has 0 radical (unpaired) electrons.